The summed E-state index contributed by atoms with van der Waals surface area (Å²) in [6.07, 6.45) is 0. The number of amides is 1. The van der Waals surface area contributed by atoms with E-state index in [-0.39, 0.29) is 16.5 Å². The average Bonchev–Trinajstić information content (AvgIpc) is 2.36. The summed E-state index contributed by atoms with van der Waals surface area (Å²) >= 11 is 5.40. The minimum atomic E-state index is -3.69. The lowest BCUT2D eigenvalue weighted by Gasteiger charge is -2.09. The van der Waals surface area contributed by atoms with E-state index in [4.69, 9.17) is 11.6 Å². The Morgan fingerprint density at radius 1 is 1.29 bits per heavy atom. The summed E-state index contributed by atoms with van der Waals surface area (Å²) in [6, 6.07) is 5.71. The molecule has 0 N–H and O–H groups in total. The fourth-order valence-electron chi connectivity index (χ4n) is 1.35. The molecule has 0 spiro atoms. The van der Waals surface area contributed by atoms with Crippen LogP contribution in [0.25, 0.3) is 0 Å². The lowest BCUT2D eigenvalue weighted by atomic mass is 10.2. The van der Waals surface area contributed by atoms with Crippen LogP contribution >= 0.6 is 11.6 Å². The number of nitrogens with zero attached hydrogens (tertiary/aromatic N) is 1. The van der Waals surface area contributed by atoms with Crippen molar-refractivity contribution in [3.8, 4) is 0 Å². The zero-order valence-corrected chi connectivity index (χ0v) is 8.55. The summed E-state index contributed by atoms with van der Waals surface area (Å²) in [7, 11) is -3.69. The van der Waals surface area contributed by atoms with Gasteiger partial charge in [-0.15, -0.1) is 11.6 Å². The zero-order chi connectivity index (χ0) is 10.3. The van der Waals surface area contributed by atoms with Crippen LogP contribution < -0.4 is 0 Å². The van der Waals surface area contributed by atoms with Crippen LogP contribution in [0, 0.1) is 0 Å². The maximum Gasteiger partial charge on any atom is 0.270 e. The molecule has 0 bridgehead atoms. The van der Waals surface area contributed by atoms with Crippen LogP contribution in [0.15, 0.2) is 29.2 Å². The van der Waals surface area contributed by atoms with Gasteiger partial charge >= 0.3 is 0 Å². The third kappa shape index (κ3) is 1.06. The number of fused-ring (bicyclic) bond motifs is 1. The monoisotopic (exact) mass is 231 g/mol. The van der Waals surface area contributed by atoms with Crippen LogP contribution in [0.2, 0.25) is 0 Å². The highest BCUT2D eigenvalue weighted by atomic mass is 35.5. The summed E-state index contributed by atoms with van der Waals surface area (Å²) in [5.74, 6) is -0.560. The zero-order valence-electron chi connectivity index (χ0n) is 6.97. The number of carbonyl (C=O) groups excluding carboxylic acids is 1. The van der Waals surface area contributed by atoms with Gasteiger partial charge in [-0.3, -0.25) is 4.79 Å². The van der Waals surface area contributed by atoms with Crippen molar-refractivity contribution in [3.63, 3.8) is 0 Å². The fraction of sp³-hybridized carbons (Fsp3) is 0.125. The van der Waals surface area contributed by atoms with Crippen molar-refractivity contribution in [2.24, 2.45) is 0 Å². The van der Waals surface area contributed by atoms with E-state index in [0.717, 1.165) is 0 Å². The highest BCUT2D eigenvalue weighted by molar-refractivity contribution is 7.90. The second-order valence-corrected chi connectivity index (χ2v) is 4.84. The van der Waals surface area contributed by atoms with E-state index < -0.39 is 15.9 Å². The van der Waals surface area contributed by atoms with Crippen LogP contribution in [0.5, 0.6) is 0 Å². The highest BCUT2D eigenvalue weighted by Gasteiger charge is 2.40. The molecule has 0 saturated carbocycles. The summed E-state index contributed by atoms with van der Waals surface area (Å²) < 4.78 is 23.9. The number of benzene rings is 1. The van der Waals surface area contributed by atoms with Gasteiger partial charge in [0.05, 0.1) is 5.56 Å². The summed E-state index contributed by atoms with van der Waals surface area (Å²) in [4.78, 5) is 11.5. The predicted octanol–water partition coefficient (Wildman–Crippen LogP) is 1.03. The molecule has 74 valence electrons. The van der Waals surface area contributed by atoms with Gasteiger partial charge in [-0.1, -0.05) is 12.1 Å². The third-order valence-corrected chi connectivity index (χ3v) is 4.19. The third-order valence-electron chi connectivity index (χ3n) is 2.02. The van der Waals surface area contributed by atoms with E-state index in [2.05, 4.69) is 0 Å². The molecule has 14 heavy (non-hydrogen) atoms. The maximum atomic E-state index is 11.6. The van der Waals surface area contributed by atoms with Gasteiger partial charge in [0.15, 0.2) is 0 Å². The molecule has 0 radical (unpaired) electrons. The van der Waals surface area contributed by atoms with E-state index in [0.29, 0.717) is 4.31 Å². The smallest absolute Gasteiger partial charge is 0.268 e. The second-order valence-electron chi connectivity index (χ2n) is 2.77. The Morgan fingerprint density at radius 2 is 1.93 bits per heavy atom. The quantitative estimate of drug-likeness (QED) is 0.536. The van der Waals surface area contributed by atoms with Gasteiger partial charge in [0.2, 0.25) is 0 Å². The SMILES string of the molecule is O=C1c2ccccc2S(=O)(=O)N1CCl. The molecule has 0 unspecified atom stereocenters. The van der Waals surface area contributed by atoms with Gasteiger partial charge in [0.25, 0.3) is 15.9 Å². The van der Waals surface area contributed by atoms with Crippen molar-refractivity contribution < 1.29 is 13.2 Å². The number of hydrogen-bond donors (Lipinski definition) is 0. The standard InChI is InChI=1S/C8H6ClNO3S/c9-5-10-8(11)6-3-1-2-4-7(6)14(10,12)13/h1-4H,5H2. The van der Waals surface area contributed by atoms with Gasteiger partial charge in [-0.2, -0.15) is 0 Å². The average molecular weight is 232 g/mol. The topological polar surface area (TPSA) is 54.5 Å². The summed E-state index contributed by atoms with van der Waals surface area (Å²) in [5, 5.41) is 0. The van der Waals surface area contributed by atoms with Crippen LogP contribution in [0.1, 0.15) is 10.4 Å². The summed E-state index contributed by atoms with van der Waals surface area (Å²) in [5.41, 5.74) is 0.188. The lowest BCUT2D eigenvalue weighted by molar-refractivity contribution is 0.0886. The molecule has 1 heterocycles. The van der Waals surface area contributed by atoms with E-state index in [1.54, 1.807) is 12.1 Å². The normalized spacial score (nSPS) is 18.4. The van der Waals surface area contributed by atoms with Crippen LogP contribution in [-0.2, 0) is 10.0 Å². The van der Waals surface area contributed by atoms with Crippen molar-refractivity contribution in [2.45, 2.75) is 4.90 Å². The molecule has 1 aliphatic rings. The Labute approximate surface area is 86.1 Å². The first kappa shape index (κ1) is 9.48. The Morgan fingerprint density at radius 3 is 2.50 bits per heavy atom. The van der Waals surface area contributed by atoms with Crippen LogP contribution in [0.4, 0.5) is 0 Å². The van der Waals surface area contributed by atoms with E-state index >= 15 is 0 Å². The molecular formula is C8H6ClNO3S. The minimum absolute atomic E-state index is 0.0330. The highest BCUT2D eigenvalue weighted by Crippen LogP contribution is 2.29. The molecule has 2 rings (SSSR count). The number of halogens is 1. The Hall–Kier alpha value is -1.07. The van der Waals surface area contributed by atoms with Crippen molar-refractivity contribution in [2.75, 3.05) is 6.00 Å². The number of hydrogen-bond acceptors (Lipinski definition) is 3. The molecule has 4 nitrogen and oxygen atoms in total. The molecule has 0 atom stereocenters. The molecule has 6 heteroatoms. The number of alkyl halides is 1. The Kier molecular flexibility index (Phi) is 2.01. The predicted molar refractivity (Wildman–Crippen MR) is 50.5 cm³/mol. The second kappa shape index (κ2) is 2.96. The van der Waals surface area contributed by atoms with Crippen molar-refractivity contribution in [1.29, 1.82) is 0 Å². The Balaban J connectivity index is 2.74. The number of sulfonamides is 1. The molecule has 1 aromatic rings. The molecule has 0 fully saturated rings. The van der Waals surface area contributed by atoms with E-state index in [1.807, 2.05) is 0 Å². The van der Waals surface area contributed by atoms with Gasteiger partial charge in [0.1, 0.15) is 10.9 Å². The van der Waals surface area contributed by atoms with E-state index in [9.17, 15) is 13.2 Å². The van der Waals surface area contributed by atoms with E-state index in [1.165, 1.54) is 12.1 Å². The number of carbonyl (C=O) groups is 1. The molecule has 1 aromatic carbocycles. The first-order valence-electron chi connectivity index (χ1n) is 3.81. The van der Waals surface area contributed by atoms with Crippen molar-refractivity contribution in [1.82, 2.24) is 4.31 Å². The molecule has 0 aliphatic carbocycles. The van der Waals surface area contributed by atoms with Gasteiger partial charge in [-0.25, -0.2) is 12.7 Å². The first-order chi connectivity index (χ1) is 6.59. The largest absolute Gasteiger partial charge is 0.270 e. The van der Waals surface area contributed by atoms with Gasteiger partial charge in [-0.05, 0) is 12.1 Å². The molecule has 0 aromatic heterocycles. The fourth-order valence-corrected chi connectivity index (χ4v) is 3.21. The van der Waals surface area contributed by atoms with Crippen LogP contribution in [-0.4, -0.2) is 24.6 Å². The molecule has 0 saturated heterocycles. The van der Waals surface area contributed by atoms with Gasteiger partial charge in [0, 0.05) is 0 Å². The first-order valence-corrected chi connectivity index (χ1v) is 5.78. The number of rotatable bonds is 1. The molecular weight excluding hydrogens is 226 g/mol. The Bertz CT molecular complexity index is 497. The van der Waals surface area contributed by atoms with Crippen LogP contribution in [0.3, 0.4) is 0 Å². The van der Waals surface area contributed by atoms with Gasteiger partial charge < -0.3 is 0 Å². The lowest BCUT2D eigenvalue weighted by Crippen LogP contribution is -2.28. The maximum absolute atomic E-state index is 11.6. The minimum Gasteiger partial charge on any atom is -0.268 e. The molecule has 1 amide bonds. The molecule has 1 aliphatic heterocycles. The van der Waals surface area contributed by atoms with Crippen molar-refractivity contribution in [3.05, 3.63) is 29.8 Å². The van der Waals surface area contributed by atoms with Crippen molar-refractivity contribution >= 4 is 27.5 Å². The summed E-state index contributed by atoms with van der Waals surface area (Å²) in [6.45, 7) is 0.